The molecule has 0 radical (unpaired) electrons. The van der Waals surface area contributed by atoms with E-state index in [1.807, 2.05) is 24.3 Å². The highest BCUT2D eigenvalue weighted by atomic mass is 28.3. The second-order valence-electron chi connectivity index (χ2n) is 6.41. The molecule has 0 aliphatic carbocycles. The van der Waals surface area contributed by atoms with Gasteiger partial charge in [0, 0.05) is 10.9 Å². The van der Waals surface area contributed by atoms with Crippen LogP contribution < -0.4 is 0 Å². The van der Waals surface area contributed by atoms with Crippen LogP contribution in [0.4, 0.5) is 0 Å². The molecule has 104 valence electrons. The molecule has 2 heterocycles. The van der Waals surface area contributed by atoms with Gasteiger partial charge in [-0.15, -0.1) is 0 Å². The number of hydrogen-bond donors (Lipinski definition) is 0. The third-order valence-corrected chi connectivity index (χ3v) is 5.63. The van der Waals surface area contributed by atoms with Crippen LogP contribution in [0.2, 0.25) is 19.6 Å². The first-order valence-corrected chi connectivity index (χ1v) is 10.7. The summed E-state index contributed by atoms with van der Waals surface area (Å²) in [6.45, 7) is 7.03. The molecule has 3 nitrogen and oxygen atoms in total. The van der Waals surface area contributed by atoms with Gasteiger partial charge < -0.3 is 4.23 Å². The smallest absolute Gasteiger partial charge is 0.155 e. The molecule has 0 amide bonds. The lowest BCUT2D eigenvalue weighted by Gasteiger charge is -2.20. The zero-order chi connectivity index (χ0) is 14.6. The molecule has 4 rings (SSSR count). The predicted octanol–water partition coefficient (Wildman–Crippen LogP) is 4.42. The standard InChI is InChI=1S/C17H17N3Si/c1-21(2,3)20-15-11-7-4-8-12(15)16-17(20)19-14-10-6-5-9-13(14)18-16/h4-11H,1-3H3. The van der Waals surface area contributed by atoms with E-state index in [9.17, 15) is 0 Å². The number of fused-ring (bicyclic) bond motifs is 4. The van der Waals surface area contributed by atoms with E-state index in [0.717, 1.165) is 22.2 Å². The Kier molecular flexibility index (Phi) is 2.47. The second-order valence-corrected chi connectivity index (χ2v) is 11.2. The largest absolute Gasteiger partial charge is 0.352 e. The summed E-state index contributed by atoms with van der Waals surface area (Å²) in [7, 11) is -1.58. The molecule has 0 saturated heterocycles. The molecule has 0 saturated carbocycles. The average Bonchev–Trinajstić information content (AvgIpc) is 2.78. The lowest BCUT2D eigenvalue weighted by atomic mass is 10.2. The number of rotatable bonds is 1. The van der Waals surface area contributed by atoms with Crippen molar-refractivity contribution in [3.05, 3.63) is 48.5 Å². The van der Waals surface area contributed by atoms with Gasteiger partial charge in [-0.2, -0.15) is 0 Å². The normalized spacial score (nSPS) is 12.5. The Morgan fingerprint density at radius 3 is 2.14 bits per heavy atom. The van der Waals surface area contributed by atoms with Crippen LogP contribution in [0.3, 0.4) is 0 Å². The van der Waals surface area contributed by atoms with Gasteiger partial charge in [-0.1, -0.05) is 50.0 Å². The molecule has 0 spiro atoms. The van der Waals surface area contributed by atoms with E-state index in [4.69, 9.17) is 9.97 Å². The fraction of sp³-hybridized carbons (Fsp3) is 0.176. The summed E-state index contributed by atoms with van der Waals surface area (Å²) in [5.41, 5.74) is 5.22. The minimum absolute atomic E-state index is 0.962. The van der Waals surface area contributed by atoms with Crippen LogP contribution in [0.15, 0.2) is 48.5 Å². The molecule has 0 N–H and O–H groups in total. The Morgan fingerprint density at radius 1 is 0.810 bits per heavy atom. The molecule has 0 aliphatic heterocycles. The van der Waals surface area contributed by atoms with Gasteiger partial charge in [0.25, 0.3) is 0 Å². The van der Waals surface area contributed by atoms with Gasteiger partial charge in [0.15, 0.2) is 13.9 Å². The molecular formula is C17H17N3Si. The summed E-state index contributed by atoms with van der Waals surface area (Å²) in [5, 5.41) is 1.20. The molecule has 0 atom stereocenters. The molecule has 0 bridgehead atoms. The van der Waals surface area contributed by atoms with E-state index in [0.29, 0.717) is 0 Å². The highest BCUT2D eigenvalue weighted by molar-refractivity contribution is 6.76. The SMILES string of the molecule is C[Si](C)(C)n1c2ccccc2c2nc3ccccc3nc21. The van der Waals surface area contributed by atoms with Gasteiger partial charge in [-0.05, 0) is 18.2 Å². The first-order valence-electron chi connectivity index (χ1n) is 7.22. The summed E-state index contributed by atoms with van der Waals surface area (Å²) >= 11 is 0. The van der Waals surface area contributed by atoms with Gasteiger partial charge >= 0.3 is 0 Å². The van der Waals surface area contributed by atoms with Gasteiger partial charge in [0.05, 0.1) is 11.0 Å². The summed E-state index contributed by atoms with van der Waals surface area (Å²) < 4.78 is 2.43. The van der Waals surface area contributed by atoms with Crippen LogP contribution in [0.25, 0.3) is 33.1 Å². The van der Waals surface area contributed by atoms with Crippen molar-refractivity contribution >= 4 is 41.3 Å². The number of para-hydroxylation sites is 3. The Labute approximate surface area is 124 Å². The second kappa shape index (κ2) is 4.15. The molecule has 4 heteroatoms. The fourth-order valence-corrected chi connectivity index (χ4v) is 4.70. The van der Waals surface area contributed by atoms with E-state index >= 15 is 0 Å². The Hall–Kier alpha value is -2.20. The molecule has 4 aromatic rings. The summed E-state index contributed by atoms with van der Waals surface area (Å²) in [6.07, 6.45) is 0. The van der Waals surface area contributed by atoms with E-state index in [-0.39, 0.29) is 0 Å². The molecule has 21 heavy (non-hydrogen) atoms. The van der Waals surface area contributed by atoms with E-state index in [2.05, 4.69) is 48.1 Å². The van der Waals surface area contributed by atoms with Gasteiger partial charge in [0.1, 0.15) is 5.52 Å². The highest BCUT2D eigenvalue weighted by Crippen LogP contribution is 2.30. The molecule has 0 fully saturated rings. The van der Waals surface area contributed by atoms with Crippen molar-refractivity contribution < 1.29 is 0 Å². The number of aromatic nitrogens is 3. The Morgan fingerprint density at radius 2 is 1.43 bits per heavy atom. The van der Waals surface area contributed by atoms with Crippen LogP contribution in [-0.4, -0.2) is 22.4 Å². The van der Waals surface area contributed by atoms with Gasteiger partial charge in [0.2, 0.25) is 0 Å². The predicted molar refractivity (Wildman–Crippen MR) is 91.3 cm³/mol. The fourth-order valence-electron chi connectivity index (χ4n) is 2.99. The van der Waals surface area contributed by atoms with Crippen molar-refractivity contribution in [1.82, 2.24) is 14.2 Å². The lowest BCUT2D eigenvalue weighted by molar-refractivity contribution is 1.20. The van der Waals surface area contributed by atoms with Gasteiger partial charge in [-0.25, -0.2) is 9.97 Å². The maximum Gasteiger partial charge on any atom is 0.155 e. The minimum atomic E-state index is -1.58. The molecule has 2 aromatic carbocycles. The van der Waals surface area contributed by atoms with Crippen LogP contribution in [0, 0.1) is 0 Å². The molecule has 0 unspecified atom stereocenters. The van der Waals surface area contributed by atoms with Crippen molar-refractivity contribution in [3.63, 3.8) is 0 Å². The van der Waals surface area contributed by atoms with Crippen molar-refractivity contribution in [3.8, 4) is 0 Å². The van der Waals surface area contributed by atoms with E-state index in [1.165, 1.54) is 10.9 Å². The molecule has 2 aromatic heterocycles. The highest BCUT2D eigenvalue weighted by Gasteiger charge is 2.24. The molecule has 0 aliphatic rings. The lowest BCUT2D eigenvalue weighted by Crippen LogP contribution is -2.31. The maximum absolute atomic E-state index is 4.92. The summed E-state index contributed by atoms with van der Waals surface area (Å²) in [4.78, 5) is 9.80. The van der Waals surface area contributed by atoms with E-state index < -0.39 is 8.24 Å². The zero-order valence-electron chi connectivity index (χ0n) is 12.5. The summed E-state index contributed by atoms with van der Waals surface area (Å²) in [5.74, 6) is 0. The minimum Gasteiger partial charge on any atom is -0.352 e. The maximum atomic E-state index is 4.92. The molecular weight excluding hydrogens is 274 g/mol. The van der Waals surface area contributed by atoms with Crippen LogP contribution in [0.1, 0.15) is 0 Å². The average molecular weight is 291 g/mol. The van der Waals surface area contributed by atoms with Crippen molar-refractivity contribution in [2.75, 3.05) is 0 Å². The van der Waals surface area contributed by atoms with Crippen LogP contribution in [0.5, 0.6) is 0 Å². The quantitative estimate of drug-likeness (QED) is 0.486. The van der Waals surface area contributed by atoms with Crippen molar-refractivity contribution in [2.45, 2.75) is 19.6 Å². The first kappa shape index (κ1) is 12.5. The summed E-state index contributed by atoms with van der Waals surface area (Å²) in [6, 6.07) is 16.6. The van der Waals surface area contributed by atoms with E-state index in [1.54, 1.807) is 0 Å². The Bertz CT molecular complexity index is 980. The third-order valence-electron chi connectivity index (χ3n) is 3.83. The Balaban J connectivity index is 2.29. The first-order chi connectivity index (χ1) is 10.1. The topological polar surface area (TPSA) is 30.7 Å². The van der Waals surface area contributed by atoms with Crippen LogP contribution in [-0.2, 0) is 0 Å². The van der Waals surface area contributed by atoms with Gasteiger partial charge in [-0.3, -0.25) is 0 Å². The number of benzene rings is 2. The zero-order valence-corrected chi connectivity index (χ0v) is 13.5. The monoisotopic (exact) mass is 291 g/mol. The van der Waals surface area contributed by atoms with Crippen molar-refractivity contribution in [2.24, 2.45) is 0 Å². The third kappa shape index (κ3) is 1.79. The number of hydrogen-bond acceptors (Lipinski definition) is 2. The van der Waals surface area contributed by atoms with Crippen LogP contribution >= 0.6 is 0 Å². The number of nitrogens with zero attached hydrogens (tertiary/aromatic N) is 3. The van der Waals surface area contributed by atoms with Crippen molar-refractivity contribution in [1.29, 1.82) is 0 Å².